The molecule has 2 rings (SSSR count). The summed E-state index contributed by atoms with van der Waals surface area (Å²) in [5.41, 5.74) is 6.87. The van der Waals surface area contributed by atoms with Crippen molar-refractivity contribution in [3.05, 3.63) is 34.3 Å². The Morgan fingerprint density at radius 1 is 1.45 bits per heavy atom. The maximum Gasteiger partial charge on any atom is 0.104 e. The summed E-state index contributed by atoms with van der Waals surface area (Å²) < 4.78 is 0. The van der Waals surface area contributed by atoms with Crippen molar-refractivity contribution in [2.75, 3.05) is 13.6 Å². The Morgan fingerprint density at radius 3 is 2.65 bits per heavy atom. The van der Waals surface area contributed by atoms with Crippen molar-refractivity contribution in [2.24, 2.45) is 5.73 Å². The summed E-state index contributed by atoms with van der Waals surface area (Å²) in [6, 6.07) is 5.64. The van der Waals surface area contributed by atoms with Crippen molar-refractivity contribution in [3.63, 3.8) is 0 Å². The molecule has 0 saturated heterocycles. The van der Waals surface area contributed by atoms with Crippen molar-refractivity contribution < 1.29 is 5.11 Å². The zero-order chi connectivity index (χ0) is 14.8. The van der Waals surface area contributed by atoms with E-state index in [0.29, 0.717) is 23.1 Å². The van der Waals surface area contributed by atoms with E-state index in [9.17, 15) is 5.11 Å². The number of thiocarbonyl (C=S) groups is 1. The molecule has 1 aromatic rings. The molecule has 3 nitrogen and oxygen atoms in total. The van der Waals surface area contributed by atoms with E-state index in [-0.39, 0.29) is 0 Å². The Kier molecular flexibility index (Phi) is 5.02. The van der Waals surface area contributed by atoms with E-state index >= 15 is 0 Å². The fraction of sp³-hybridized carbons (Fsp3) is 0.533. The highest BCUT2D eigenvalue weighted by Crippen LogP contribution is 2.30. The van der Waals surface area contributed by atoms with E-state index in [2.05, 4.69) is 4.90 Å². The molecule has 0 amide bonds. The topological polar surface area (TPSA) is 49.5 Å². The van der Waals surface area contributed by atoms with Crippen LogP contribution in [-0.4, -0.2) is 34.2 Å². The highest BCUT2D eigenvalue weighted by atomic mass is 35.5. The lowest BCUT2D eigenvalue weighted by atomic mass is 10.0. The summed E-state index contributed by atoms with van der Waals surface area (Å²) in [5, 5.41) is 11.1. The molecule has 1 aliphatic rings. The lowest BCUT2D eigenvalue weighted by Crippen LogP contribution is -2.38. The van der Waals surface area contributed by atoms with Gasteiger partial charge in [-0.2, -0.15) is 0 Å². The fourth-order valence-corrected chi connectivity index (χ4v) is 3.24. The minimum atomic E-state index is -0.528. The van der Waals surface area contributed by atoms with Crippen molar-refractivity contribution in [3.8, 4) is 0 Å². The molecule has 0 atom stereocenters. The monoisotopic (exact) mass is 312 g/mol. The Hall–Kier alpha value is -0.680. The normalized spacial score (nSPS) is 17.6. The first-order valence-corrected chi connectivity index (χ1v) is 7.67. The number of nitrogens with two attached hydrogens (primary N) is 1. The number of likely N-dealkylation sites (N-methyl/N-ethyl adjacent to an activating group) is 1. The Bertz CT molecular complexity index is 501. The first-order chi connectivity index (χ1) is 9.39. The van der Waals surface area contributed by atoms with Crippen LogP contribution in [0.25, 0.3) is 0 Å². The summed E-state index contributed by atoms with van der Waals surface area (Å²) in [7, 11) is 2.01. The van der Waals surface area contributed by atoms with Gasteiger partial charge in [-0.25, -0.2) is 0 Å². The van der Waals surface area contributed by atoms with Gasteiger partial charge in [0.25, 0.3) is 0 Å². The fourth-order valence-electron chi connectivity index (χ4n) is 2.87. The zero-order valence-electron chi connectivity index (χ0n) is 11.7. The summed E-state index contributed by atoms with van der Waals surface area (Å²) in [4.78, 5) is 2.47. The third-order valence-electron chi connectivity index (χ3n) is 3.88. The molecule has 0 aliphatic heterocycles. The number of hydrogen-bond acceptors (Lipinski definition) is 3. The molecule has 5 heteroatoms. The molecular weight excluding hydrogens is 292 g/mol. The number of nitrogens with zero attached hydrogens (tertiary/aromatic N) is 1. The molecule has 0 bridgehead atoms. The van der Waals surface area contributed by atoms with E-state index in [0.717, 1.165) is 36.8 Å². The van der Waals surface area contributed by atoms with Crippen LogP contribution in [0.2, 0.25) is 5.02 Å². The van der Waals surface area contributed by atoms with Crippen LogP contribution < -0.4 is 5.73 Å². The molecule has 1 aromatic carbocycles. The van der Waals surface area contributed by atoms with Gasteiger partial charge >= 0.3 is 0 Å². The van der Waals surface area contributed by atoms with Crippen LogP contribution in [0.15, 0.2) is 18.2 Å². The third kappa shape index (κ3) is 3.92. The Labute approximate surface area is 130 Å². The van der Waals surface area contributed by atoms with Gasteiger partial charge in [-0.05, 0) is 31.5 Å². The molecule has 110 valence electrons. The first kappa shape index (κ1) is 15.7. The second-order valence-electron chi connectivity index (χ2n) is 5.77. The highest BCUT2D eigenvalue weighted by Gasteiger charge is 2.32. The molecule has 3 N–H and O–H groups in total. The SMILES string of the molecule is CN(Cc1ccc(C(N)=S)cc1Cl)CC1(O)CCCC1. The van der Waals surface area contributed by atoms with Crippen LogP contribution in [0.3, 0.4) is 0 Å². The summed E-state index contributed by atoms with van der Waals surface area (Å²) in [5.74, 6) is 0. The lowest BCUT2D eigenvalue weighted by molar-refractivity contribution is 0.0145. The van der Waals surface area contributed by atoms with Gasteiger partial charge in [0.1, 0.15) is 4.99 Å². The van der Waals surface area contributed by atoms with E-state index in [1.165, 1.54) is 0 Å². The van der Waals surface area contributed by atoms with Gasteiger partial charge in [0, 0.05) is 23.7 Å². The van der Waals surface area contributed by atoms with Crippen LogP contribution in [0.1, 0.15) is 36.8 Å². The number of halogens is 1. The van der Waals surface area contributed by atoms with Gasteiger partial charge < -0.3 is 10.8 Å². The third-order valence-corrected chi connectivity index (χ3v) is 4.46. The van der Waals surface area contributed by atoms with Gasteiger partial charge in [0.05, 0.1) is 5.60 Å². The van der Waals surface area contributed by atoms with E-state index in [1.807, 2.05) is 19.2 Å². The van der Waals surface area contributed by atoms with Crippen LogP contribution in [0.4, 0.5) is 0 Å². The van der Waals surface area contributed by atoms with Crippen LogP contribution in [-0.2, 0) is 6.54 Å². The van der Waals surface area contributed by atoms with Gasteiger partial charge in [0.2, 0.25) is 0 Å². The molecular formula is C15H21ClN2OS. The average molecular weight is 313 g/mol. The van der Waals surface area contributed by atoms with Gasteiger partial charge in [-0.3, -0.25) is 4.90 Å². The molecule has 0 spiro atoms. The van der Waals surface area contributed by atoms with E-state index < -0.39 is 5.60 Å². The lowest BCUT2D eigenvalue weighted by Gasteiger charge is -2.28. The minimum Gasteiger partial charge on any atom is -0.389 e. The summed E-state index contributed by atoms with van der Waals surface area (Å²) in [6.07, 6.45) is 4.03. The van der Waals surface area contributed by atoms with Crippen molar-refractivity contribution in [2.45, 2.75) is 37.8 Å². The minimum absolute atomic E-state index is 0.354. The molecule has 0 radical (unpaired) electrons. The second-order valence-corrected chi connectivity index (χ2v) is 6.62. The summed E-state index contributed by atoms with van der Waals surface area (Å²) in [6.45, 7) is 1.39. The summed E-state index contributed by atoms with van der Waals surface area (Å²) >= 11 is 11.2. The maximum atomic E-state index is 10.4. The molecule has 1 fully saturated rings. The van der Waals surface area contributed by atoms with Crippen LogP contribution in [0, 0.1) is 0 Å². The molecule has 1 aliphatic carbocycles. The maximum absolute atomic E-state index is 10.4. The average Bonchev–Trinajstić information content (AvgIpc) is 2.77. The highest BCUT2D eigenvalue weighted by molar-refractivity contribution is 7.80. The first-order valence-electron chi connectivity index (χ1n) is 6.89. The quantitative estimate of drug-likeness (QED) is 0.821. The second kappa shape index (κ2) is 6.39. The van der Waals surface area contributed by atoms with Crippen LogP contribution >= 0.6 is 23.8 Å². The molecule has 1 saturated carbocycles. The predicted molar refractivity (Wildman–Crippen MR) is 87.1 cm³/mol. The molecule has 0 unspecified atom stereocenters. The van der Waals surface area contributed by atoms with E-state index in [4.69, 9.17) is 29.6 Å². The number of hydrogen-bond donors (Lipinski definition) is 2. The standard InChI is InChI=1S/C15H21ClN2OS/c1-18(10-15(19)6-2-3-7-15)9-12-5-4-11(14(17)20)8-13(12)16/h4-5,8,19H,2-3,6-7,9-10H2,1H3,(H2,17,20). The number of benzene rings is 1. The zero-order valence-corrected chi connectivity index (χ0v) is 13.3. The molecule has 20 heavy (non-hydrogen) atoms. The van der Waals surface area contributed by atoms with Crippen LogP contribution in [0.5, 0.6) is 0 Å². The number of aliphatic hydroxyl groups is 1. The van der Waals surface area contributed by atoms with Crippen molar-refractivity contribution in [1.82, 2.24) is 4.90 Å². The van der Waals surface area contributed by atoms with E-state index in [1.54, 1.807) is 6.07 Å². The van der Waals surface area contributed by atoms with Gasteiger partial charge in [0.15, 0.2) is 0 Å². The predicted octanol–water partition coefficient (Wildman–Crippen LogP) is 2.71. The van der Waals surface area contributed by atoms with Crippen molar-refractivity contribution in [1.29, 1.82) is 0 Å². The van der Waals surface area contributed by atoms with Crippen molar-refractivity contribution >= 4 is 28.8 Å². The number of rotatable bonds is 5. The largest absolute Gasteiger partial charge is 0.389 e. The van der Waals surface area contributed by atoms with Gasteiger partial charge in [-0.15, -0.1) is 0 Å². The Balaban J connectivity index is 2.00. The molecule has 0 heterocycles. The Morgan fingerprint density at radius 2 is 2.10 bits per heavy atom. The van der Waals surface area contributed by atoms with Gasteiger partial charge in [-0.1, -0.05) is 48.8 Å². The smallest absolute Gasteiger partial charge is 0.104 e. The molecule has 0 aromatic heterocycles.